The van der Waals surface area contributed by atoms with Gasteiger partial charge in [0.05, 0.1) is 6.54 Å². The van der Waals surface area contributed by atoms with E-state index in [1.54, 1.807) is 12.1 Å². The molecule has 2 heterocycles. The number of nitrogens with zero attached hydrogens (tertiary/aromatic N) is 2. The van der Waals surface area contributed by atoms with Gasteiger partial charge in [-0.15, -0.1) is 0 Å². The Morgan fingerprint density at radius 2 is 2.14 bits per heavy atom. The van der Waals surface area contributed by atoms with Gasteiger partial charge in [0.1, 0.15) is 11.5 Å². The summed E-state index contributed by atoms with van der Waals surface area (Å²) in [5.41, 5.74) is 2.53. The molecule has 0 atom stereocenters. The first-order valence-corrected chi connectivity index (χ1v) is 6.83. The van der Waals surface area contributed by atoms with Crippen molar-refractivity contribution in [3.05, 3.63) is 41.3 Å². The van der Waals surface area contributed by atoms with Crippen molar-refractivity contribution in [3.8, 4) is 11.3 Å². The highest BCUT2D eigenvalue weighted by Crippen LogP contribution is 2.26. The standard InChI is InChI=1S/C15H16FN3O2/c1-10-13(8-19-7-6-17-14(20)9-19)18-21-15(10)11-2-4-12(16)5-3-11/h2-5H,6-9H2,1H3,(H,17,20). The summed E-state index contributed by atoms with van der Waals surface area (Å²) in [5.74, 6) is 0.392. The Morgan fingerprint density at radius 1 is 1.38 bits per heavy atom. The second kappa shape index (κ2) is 5.65. The largest absolute Gasteiger partial charge is 0.356 e. The van der Waals surface area contributed by atoms with Crippen molar-refractivity contribution in [2.24, 2.45) is 0 Å². The summed E-state index contributed by atoms with van der Waals surface area (Å²) in [6.07, 6.45) is 0. The van der Waals surface area contributed by atoms with Crippen molar-refractivity contribution in [2.45, 2.75) is 13.5 Å². The molecule has 6 heteroatoms. The molecular formula is C15H16FN3O2. The first-order chi connectivity index (χ1) is 10.1. The predicted molar refractivity (Wildman–Crippen MR) is 74.9 cm³/mol. The Hall–Kier alpha value is -2.21. The summed E-state index contributed by atoms with van der Waals surface area (Å²) < 4.78 is 18.4. The molecule has 1 N–H and O–H groups in total. The lowest BCUT2D eigenvalue weighted by molar-refractivity contribution is -0.124. The lowest BCUT2D eigenvalue weighted by Gasteiger charge is -2.25. The molecule has 1 aromatic heterocycles. The van der Waals surface area contributed by atoms with Gasteiger partial charge in [-0.1, -0.05) is 5.16 Å². The molecule has 1 aliphatic heterocycles. The van der Waals surface area contributed by atoms with Gasteiger partial charge in [0.15, 0.2) is 5.76 Å². The number of rotatable bonds is 3. The third-order valence-electron chi connectivity index (χ3n) is 3.62. The molecule has 1 aliphatic rings. The molecule has 2 aromatic rings. The van der Waals surface area contributed by atoms with Gasteiger partial charge in [-0.05, 0) is 31.2 Å². The average Bonchev–Trinajstić information content (AvgIpc) is 2.81. The molecule has 0 aliphatic carbocycles. The minimum Gasteiger partial charge on any atom is -0.356 e. The Labute approximate surface area is 121 Å². The highest BCUT2D eigenvalue weighted by atomic mass is 19.1. The molecule has 1 amide bonds. The molecule has 0 saturated carbocycles. The number of carbonyl (C=O) groups excluding carboxylic acids is 1. The van der Waals surface area contributed by atoms with E-state index in [4.69, 9.17) is 4.52 Å². The van der Waals surface area contributed by atoms with E-state index in [0.717, 1.165) is 23.4 Å². The monoisotopic (exact) mass is 289 g/mol. The minimum atomic E-state index is -0.282. The van der Waals surface area contributed by atoms with Crippen LogP contribution in [0, 0.1) is 12.7 Å². The average molecular weight is 289 g/mol. The molecule has 0 radical (unpaired) electrons. The number of aromatic nitrogens is 1. The number of nitrogens with one attached hydrogen (secondary N) is 1. The Bertz CT molecular complexity index is 651. The zero-order chi connectivity index (χ0) is 14.8. The van der Waals surface area contributed by atoms with Crippen molar-refractivity contribution >= 4 is 5.91 Å². The van der Waals surface area contributed by atoms with Crippen LogP contribution in [0.1, 0.15) is 11.3 Å². The molecule has 110 valence electrons. The first kappa shape index (κ1) is 13.8. The van der Waals surface area contributed by atoms with Crippen LogP contribution in [0.5, 0.6) is 0 Å². The maximum atomic E-state index is 13.0. The van der Waals surface area contributed by atoms with Gasteiger partial charge in [-0.3, -0.25) is 9.69 Å². The van der Waals surface area contributed by atoms with E-state index in [2.05, 4.69) is 10.5 Å². The van der Waals surface area contributed by atoms with Gasteiger partial charge < -0.3 is 9.84 Å². The minimum absolute atomic E-state index is 0.0288. The van der Waals surface area contributed by atoms with Gasteiger partial charge >= 0.3 is 0 Å². The number of carbonyl (C=O) groups is 1. The van der Waals surface area contributed by atoms with Crippen LogP contribution >= 0.6 is 0 Å². The van der Waals surface area contributed by atoms with E-state index >= 15 is 0 Å². The Balaban J connectivity index is 1.79. The quantitative estimate of drug-likeness (QED) is 0.934. The molecule has 3 rings (SSSR count). The number of hydrogen-bond donors (Lipinski definition) is 1. The summed E-state index contributed by atoms with van der Waals surface area (Å²) in [5, 5.41) is 6.88. The van der Waals surface area contributed by atoms with E-state index in [0.29, 0.717) is 25.4 Å². The van der Waals surface area contributed by atoms with Crippen LogP contribution in [0.2, 0.25) is 0 Å². The number of piperazine rings is 1. The lowest BCUT2D eigenvalue weighted by Crippen LogP contribution is -2.47. The molecular weight excluding hydrogens is 273 g/mol. The van der Waals surface area contributed by atoms with Crippen LogP contribution in [0.15, 0.2) is 28.8 Å². The SMILES string of the molecule is Cc1c(CN2CCNC(=O)C2)noc1-c1ccc(F)cc1. The van der Waals surface area contributed by atoms with Crippen LogP contribution in [0.3, 0.4) is 0 Å². The number of hydrogen-bond acceptors (Lipinski definition) is 4. The summed E-state index contributed by atoms with van der Waals surface area (Å²) in [6, 6.07) is 6.12. The molecule has 1 aromatic carbocycles. The fraction of sp³-hybridized carbons (Fsp3) is 0.333. The number of halogens is 1. The number of amides is 1. The molecule has 0 spiro atoms. The zero-order valence-corrected chi connectivity index (χ0v) is 11.7. The van der Waals surface area contributed by atoms with Crippen molar-refractivity contribution < 1.29 is 13.7 Å². The van der Waals surface area contributed by atoms with Gasteiger partial charge in [-0.2, -0.15) is 0 Å². The van der Waals surface area contributed by atoms with Crippen molar-refractivity contribution in [3.63, 3.8) is 0 Å². The first-order valence-electron chi connectivity index (χ1n) is 6.83. The van der Waals surface area contributed by atoms with Crippen LogP contribution in [0.4, 0.5) is 4.39 Å². The fourth-order valence-electron chi connectivity index (χ4n) is 2.42. The van der Waals surface area contributed by atoms with E-state index in [-0.39, 0.29) is 11.7 Å². The fourth-order valence-corrected chi connectivity index (χ4v) is 2.42. The van der Waals surface area contributed by atoms with Crippen LogP contribution < -0.4 is 5.32 Å². The lowest BCUT2D eigenvalue weighted by atomic mass is 10.1. The molecule has 0 bridgehead atoms. The summed E-state index contributed by atoms with van der Waals surface area (Å²) >= 11 is 0. The summed E-state index contributed by atoms with van der Waals surface area (Å²) in [7, 11) is 0. The van der Waals surface area contributed by atoms with Crippen molar-refractivity contribution in [1.29, 1.82) is 0 Å². The van der Waals surface area contributed by atoms with E-state index in [9.17, 15) is 9.18 Å². The van der Waals surface area contributed by atoms with E-state index in [1.165, 1.54) is 12.1 Å². The second-order valence-electron chi connectivity index (χ2n) is 5.15. The van der Waals surface area contributed by atoms with Crippen LogP contribution in [-0.2, 0) is 11.3 Å². The molecule has 1 fully saturated rings. The van der Waals surface area contributed by atoms with Crippen molar-refractivity contribution in [2.75, 3.05) is 19.6 Å². The van der Waals surface area contributed by atoms with Crippen molar-refractivity contribution in [1.82, 2.24) is 15.4 Å². The highest BCUT2D eigenvalue weighted by Gasteiger charge is 2.20. The Kier molecular flexibility index (Phi) is 3.70. The van der Waals surface area contributed by atoms with Gasteiger partial charge in [0.2, 0.25) is 5.91 Å². The number of benzene rings is 1. The third kappa shape index (κ3) is 2.95. The van der Waals surface area contributed by atoms with E-state index in [1.807, 2.05) is 11.8 Å². The maximum Gasteiger partial charge on any atom is 0.234 e. The summed E-state index contributed by atoms with van der Waals surface area (Å²) in [6.45, 7) is 4.32. The summed E-state index contributed by atoms with van der Waals surface area (Å²) in [4.78, 5) is 13.4. The van der Waals surface area contributed by atoms with Gasteiger partial charge in [0.25, 0.3) is 0 Å². The molecule has 5 nitrogen and oxygen atoms in total. The third-order valence-corrected chi connectivity index (χ3v) is 3.62. The molecule has 1 saturated heterocycles. The van der Waals surface area contributed by atoms with Crippen LogP contribution in [-0.4, -0.2) is 35.6 Å². The second-order valence-corrected chi connectivity index (χ2v) is 5.15. The normalized spacial score (nSPS) is 16.0. The Morgan fingerprint density at radius 3 is 2.86 bits per heavy atom. The van der Waals surface area contributed by atoms with Gasteiger partial charge in [-0.25, -0.2) is 4.39 Å². The topological polar surface area (TPSA) is 58.4 Å². The highest BCUT2D eigenvalue weighted by molar-refractivity contribution is 5.78. The zero-order valence-electron chi connectivity index (χ0n) is 11.7. The smallest absolute Gasteiger partial charge is 0.234 e. The van der Waals surface area contributed by atoms with Crippen LogP contribution in [0.25, 0.3) is 11.3 Å². The van der Waals surface area contributed by atoms with E-state index < -0.39 is 0 Å². The predicted octanol–water partition coefficient (Wildman–Crippen LogP) is 1.72. The molecule has 0 unspecified atom stereocenters. The van der Waals surface area contributed by atoms with Gasteiger partial charge in [0, 0.05) is 30.8 Å². The molecule has 21 heavy (non-hydrogen) atoms. The maximum absolute atomic E-state index is 13.0.